The monoisotopic (exact) mass is 205 g/mol. The average molecular weight is 205 g/mol. The van der Waals surface area contributed by atoms with E-state index in [1.54, 1.807) is 0 Å². The lowest BCUT2D eigenvalue weighted by molar-refractivity contribution is -0.115. The van der Waals surface area contributed by atoms with Gasteiger partial charge in [-0.2, -0.15) is 0 Å². The fraction of sp³-hybridized carbons (Fsp3) is 0.417. The lowest BCUT2D eigenvalue weighted by Gasteiger charge is -2.22. The van der Waals surface area contributed by atoms with Crippen LogP contribution >= 0.6 is 0 Å². The third kappa shape index (κ3) is 1.75. The summed E-state index contributed by atoms with van der Waals surface area (Å²) >= 11 is 0. The Balaban J connectivity index is 2.39. The summed E-state index contributed by atoms with van der Waals surface area (Å²) in [7, 11) is 0. The summed E-state index contributed by atoms with van der Waals surface area (Å²) in [5, 5.41) is 12.1. The zero-order valence-electron chi connectivity index (χ0n) is 9.00. The molecule has 0 aromatic heterocycles. The molecule has 15 heavy (non-hydrogen) atoms. The number of rotatable bonds is 2. The highest BCUT2D eigenvalue weighted by atomic mass is 16.3. The van der Waals surface area contributed by atoms with Crippen molar-refractivity contribution in [1.82, 2.24) is 0 Å². The van der Waals surface area contributed by atoms with Crippen LogP contribution in [0.5, 0.6) is 0 Å². The van der Waals surface area contributed by atoms with E-state index in [2.05, 4.69) is 5.32 Å². The van der Waals surface area contributed by atoms with E-state index in [0.717, 1.165) is 16.8 Å². The molecule has 0 saturated carbocycles. The van der Waals surface area contributed by atoms with Gasteiger partial charge in [0, 0.05) is 11.1 Å². The summed E-state index contributed by atoms with van der Waals surface area (Å²) in [6.07, 6.45) is 0.467. The predicted octanol–water partition coefficient (Wildman–Crippen LogP) is 1.45. The minimum absolute atomic E-state index is 0.0453. The largest absolute Gasteiger partial charge is 0.395 e. The maximum atomic E-state index is 11.2. The number of nitrogens with one attached hydrogen (secondary N) is 1. The van der Waals surface area contributed by atoms with Gasteiger partial charge < -0.3 is 10.4 Å². The molecule has 3 heteroatoms. The zero-order valence-corrected chi connectivity index (χ0v) is 9.00. The molecule has 0 atom stereocenters. The highest BCUT2D eigenvalue weighted by molar-refractivity contribution is 5.99. The molecule has 2 N–H and O–H groups in total. The number of carbonyl (C=O) groups is 1. The number of benzene rings is 1. The number of hydrogen-bond acceptors (Lipinski definition) is 2. The van der Waals surface area contributed by atoms with Crippen LogP contribution in [0, 0.1) is 0 Å². The van der Waals surface area contributed by atoms with E-state index in [9.17, 15) is 9.90 Å². The molecule has 1 amide bonds. The molecule has 1 aliphatic rings. The van der Waals surface area contributed by atoms with E-state index in [1.165, 1.54) is 0 Å². The first-order valence-electron chi connectivity index (χ1n) is 5.07. The van der Waals surface area contributed by atoms with Gasteiger partial charge in [-0.05, 0) is 17.2 Å². The Morgan fingerprint density at radius 1 is 1.47 bits per heavy atom. The number of amides is 1. The molecular formula is C12H15NO2. The van der Waals surface area contributed by atoms with Crippen LogP contribution in [0.2, 0.25) is 0 Å². The molecule has 80 valence electrons. The molecule has 3 nitrogen and oxygen atoms in total. The normalized spacial score (nSPS) is 15.0. The maximum absolute atomic E-state index is 11.2. The third-order valence-corrected chi connectivity index (χ3v) is 2.91. The molecule has 1 aromatic carbocycles. The minimum atomic E-state index is -0.262. The summed E-state index contributed by atoms with van der Waals surface area (Å²) in [6.45, 7) is 4.05. The van der Waals surface area contributed by atoms with Gasteiger partial charge in [0.2, 0.25) is 5.91 Å². The van der Waals surface area contributed by atoms with Crippen molar-refractivity contribution in [2.24, 2.45) is 0 Å². The van der Waals surface area contributed by atoms with Crippen LogP contribution in [0.3, 0.4) is 0 Å². The molecule has 0 unspecified atom stereocenters. The van der Waals surface area contributed by atoms with Crippen LogP contribution in [0.4, 0.5) is 5.69 Å². The van der Waals surface area contributed by atoms with Gasteiger partial charge in [-0.25, -0.2) is 0 Å². The van der Waals surface area contributed by atoms with Gasteiger partial charge in [0.25, 0.3) is 0 Å². The smallest absolute Gasteiger partial charge is 0.228 e. The molecule has 0 radical (unpaired) electrons. The molecule has 0 spiro atoms. The quantitative estimate of drug-likeness (QED) is 0.767. The van der Waals surface area contributed by atoms with Gasteiger partial charge in [-0.1, -0.05) is 26.0 Å². The van der Waals surface area contributed by atoms with Crippen LogP contribution in [-0.4, -0.2) is 17.6 Å². The number of anilines is 1. The topological polar surface area (TPSA) is 49.3 Å². The first-order valence-corrected chi connectivity index (χ1v) is 5.07. The van der Waals surface area contributed by atoms with E-state index >= 15 is 0 Å². The van der Waals surface area contributed by atoms with Gasteiger partial charge in [-0.3, -0.25) is 4.79 Å². The highest BCUT2D eigenvalue weighted by Gasteiger charge is 2.23. The molecule has 0 bridgehead atoms. The van der Waals surface area contributed by atoms with Crippen molar-refractivity contribution in [2.45, 2.75) is 25.7 Å². The Labute approximate surface area is 89.1 Å². The van der Waals surface area contributed by atoms with Crippen molar-refractivity contribution >= 4 is 11.6 Å². The summed E-state index contributed by atoms with van der Waals surface area (Å²) < 4.78 is 0. The van der Waals surface area contributed by atoms with Gasteiger partial charge >= 0.3 is 0 Å². The summed E-state index contributed by atoms with van der Waals surface area (Å²) in [6, 6.07) is 5.89. The van der Waals surface area contributed by atoms with Crippen LogP contribution in [0.25, 0.3) is 0 Å². The van der Waals surface area contributed by atoms with Crippen LogP contribution in [-0.2, 0) is 16.6 Å². The van der Waals surface area contributed by atoms with Gasteiger partial charge in [-0.15, -0.1) is 0 Å². The summed E-state index contributed by atoms with van der Waals surface area (Å²) in [5.74, 6) is 0.0453. The summed E-state index contributed by atoms with van der Waals surface area (Å²) in [4.78, 5) is 11.2. The second kappa shape index (κ2) is 3.35. The Morgan fingerprint density at radius 3 is 2.87 bits per heavy atom. The molecular weight excluding hydrogens is 190 g/mol. The first-order chi connectivity index (χ1) is 7.03. The fourth-order valence-electron chi connectivity index (χ4n) is 1.73. The lowest BCUT2D eigenvalue weighted by Crippen LogP contribution is -2.22. The number of aliphatic hydroxyl groups excluding tert-OH is 1. The van der Waals surface area contributed by atoms with Crippen molar-refractivity contribution in [3.05, 3.63) is 29.3 Å². The number of aliphatic hydroxyl groups is 1. The number of fused-ring (bicyclic) bond motifs is 1. The van der Waals surface area contributed by atoms with Gasteiger partial charge in [0.1, 0.15) is 0 Å². The standard InChI is InChI=1S/C12H15NO2/c1-12(2,7-14)9-4-3-8-5-11(15)13-10(8)6-9/h3-4,6,14H,5,7H2,1-2H3,(H,13,15). The Kier molecular flexibility index (Phi) is 2.27. The molecule has 0 fully saturated rings. The first kappa shape index (κ1) is 10.2. The second-order valence-corrected chi connectivity index (χ2v) is 4.64. The van der Waals surface area contributed by atoms with Crippen molar-refractivity contribution in [3.63, 3.8) is 0 Å². The van der Waals surface area contributed by atoms with E-state index in [-0.39, 0.29) is 17.9 Å². The SMILES string of the molecule is CC(C)(CO)c1ccc2c(c1)NC(=O)C2. The predicted molar refractivity (Wildman–Crippen MR) is 58.9 cm³/mol. The summed E-state index contributed by atoms with van der Waals surface area (Å²) in [5.41, 5.74) is 2.71. The fourth-order valence-corrected chi connectivity index (χ4v) is 1.73. The minimum Gasteiger partial charge on any atom is -0.395 e. The number of carbonyl (C=O) groups excluding carboxylic acids is 1. The maximum Gasteiger partial charge on any atom is 0.228 e. The van der Waals surface area contributed by atoms with Crippen LogP contribution < -0.4 is 5.32 Å². The van der Waals surface area contributed by atoms with E-state index in [0.29, 0.717) is 6.42 Å². The molecule has 0 aliphatic carbocycles. The van der Waals surface area contributed by atoms with Gasteiger partial charge in [0.05, 0.1) is 13.0 Å². The second-order valence-electron chi connectivity index (χ2n) is 4.64. The van der Waals surface area contributed by atoms with E-state index in [1.807, 2.05) is 32.0 Å². The average Bonchev–Trinajstić information content (AvgIpc) is 2.56. The van der Waals surface area contributed by atoms with Crippen molar-refractivity contribution in [3.8, 4) is 0 Å². The van der Waals surface area contributed by atoms with E-state index < -0.39 is 0 Å². The molecule has 2 rings (SSSR count). The van der Waals surface area contributed by atoms with Crippen LogP contribution in [0.1, 0.15) is 25.0 Å². The van der Waals surface area contributed by atoms with Gasteiger partial charge in [0.15, 0.2) is 0 Å². The van der Waals surface area contributed by atoms with Crippen molar-refractivity contribution in [2.75, 3.05) is 11.9 Å². The highest BCUT2D eigenvalue weighted by Crippen LogP contribution is 2.30. The van der Waals surface area contributed by atoms with Crippen LogP contribution in [0.15, 0.2) is 18.2 Å². The zero-order chi connectivity index (χ0) is 11.1. The lowest BCUT2D eigenvalue weighted by atomic mass is 9.85. The molecule has 1 aromatic rings. The third-order valence-electron chi connectivity index (χ3n) is 2.91. The van der Waals surface area contributed by atoms with Crippen molar-refractivity contribution in [1.29, 1.82) is 0 Å². The molecule has 1 heterocycles. The number of hydrogen-bond donors (Lipinski definition) is 2. The van der Waals surface area contributed by atoms with Crippen molar-refractivity contribution < 1.29 is 9.90 Å². The Morgan fingerprint density at radius 2 is 2.20 bits per heavy atom. The Bertz CT molecular complexity index is 410. The molecule has 0 saturated heterocycles. The Hall–Kier alpha value is -1.35. The van der Waals surface area contributed by atoms with E-state index in [4.69, 9.17) is 0 Å². The molecule has 1 aliphatic heterocycles.